The van der Waals surface area contributed by atoms with Gasteiger partial charge in [0.2, 0.25) is 5.96 Å². The summed E-state index contributed by atoms with van der Waals surface area (Å²) in [6.45, 7) is 5.72. The molecule has 0 spiro atoms. The second-order valence-electron chi connectivity index (χ2n) is 9.68. The molecule has 2 aliphatic rings. The van der Waals surface area contributed by atoms with Crippen molar-refractivity contribution >= 4 is 17.2 Å². The van der Waals surface area contributed by atoms with Crippen molar-refractivity contribution in [2.75, 3.05) is 27.2 Å². The lowest BCUT2D eigenvalue weighted by atomic mass is 9.93. The highest BCUT2D eigenvalue weighted by Gasteiger charge is 2.24. The summed E-state index contributed by atoms with van der Waals surface area (Å²) in [5.74, 6) is 0.307. The van der Waals surface area contributed by atoms with Crippen molar-refractivity contribution in [3.63, 3.8) is 0 Å². The minimum Gasteiger partial charge on any atom is -0.342 e. The molecule has 0 bridgehead atoms. The van der Waals surface area contributed by atoms with Crippen LogP contribution in [0, 0.1) is 24.1 Å². The number of benzene rings is 1. The van der Waals surface area contributed by atoms with E-state index in [0.717, 1.165) is 61.6 Å². The van der Waals surface area contributed by atoms with Gasteiger partial charge < -0.3 is 15.1 Å². The van der Waals surface area contributed by atoms with Crippen LogP contribution in [-0.2, 0) is 0 Å². The molecule has 1 saturated carbocycles. The number of guanidine groups is 1. The summed E-state index contributed by atoms with van der Waals surface area (Å²) in [6, 6.07) is 11.1. The highest BCUT2D eigenvalue weighted by Crippen LogP contribution is 2.30. The van der Waals surface area contributed by atoms with Gasteiger partial charge in [0, 0.05) is 49.8 Å². The zero-order valence-electron chi connectivity index (χ0n) is 21.7. The van der Waals surface area contributed by atoms with E-state index in [1.807, 2.05) is 52.3 Å². The first-order valence-corrected chi connectivity index (χ1v) is 12.7. The molecule has 0 unspecified atom stereocenters. The van der Waals surface area contributed by atoms with Crippen molar-refractivity contribution in [1.82, 2.24) is 20.1 Å². The van der Waals surface area contributed by atoms with Gasteiger partial charge in [0.1, 0.15) is 11.9 Å². The molecule has 1 aliphatic carbocycles. The number of allylic oxidation sites excluding steroid dienone is 2. The number of hydrogen-bond donors (Lipinski definition) is 1. The third-order valence-corrected chi connectivity index (χ3v) is 7.15. The molecule has 6 nitrogen and oxygen atoms in total. The summed E-state index contributed by atoms with van der Waals surface area (Å²) in [5.41, 5.74) is 5.52. The van der Waals surface area contributed by atoms with Crippen LogP contribution in [0.5, 0.6) is 0 Å². The van der Waals surface area contributed by atoms with E-state index in [4.69, 9.17) is 4.99 Å². The van der Waals surface area contributed by atoms with E-state index in [0.29, 0.717) is 17.3 Å². The first-order valence-electron chi connectivity index (χ1n) is 12.7. The number of nitriles is 1. The molecule has 36 heavy (non-hydrogen) atoms. The molecule has 0 radical (unpaired) electrons. The number of halogens is 1. The molecular weight excluding hydrogens is 451 g/mol. The van der Waals surface area contributed by atoms with Gasteiger partial charge in [-0.15, -0.1) is 0 Å². The molecule has 1 saturated heterocycles. The molecular formula is C29H35FN6. The minimum absolute atomic E-state index is 0.0259. The normalized spacial score (nSPS) is 17.3. The topological polar surface area (TPSA) is 67.5 Å². The number of aromatic nitrogens is 1. The van der Waals surface area contributed by atoms with Crippen LogP contribution in [0.3, 0.4) is 0 Å². The predicted octanol–water partition coefficient (Wildman–Crippen LogP) is 5.33. The number of nitrogens with zero attached hydrogens (tertiary/aromatic N) is 5. The Kier molecular flexibility index (Phi) is 8.17. The monoisotopic (exact) mass is 486 g/mol. The van der Waals surface area contributed by atoms with Crippen molar-refractivity contribution in [3.8, 4) is 6.07 Å². The van der Waals surface area contributed by atoms with Crippen LogP contribution in [0.2, 0.25) is 0 Å². The van der Waals surface area contributed by atoms with Gasteiger partial charge in [0.25, 0.3) is 0 Å². The van der Waals surface area contributed by atoms with Gasteiger partial charge >= 0.3 is 0 Å². The predicted molar refractivity (Wildman–Crippen MR) is 143 cm³/mol. The summed E-state index contributed by atoms with van der Waals surface area (Å²) < 4.78 is 14.7. The number of likely N-dealkylation sites (tertiary alicyclic amines) is 1. The third kappa shape index (κ3) is 5.83. The number of rotatable bonds is 5. The quantitative estimate of drug-likeness (QED) is 0.457. The largest absolute Gasteiger partial charge is 0.342 e. The Morgan fingerprint density at radius 3 is 2.50 bits per heavy atom. The second kappa shape index (κ2) is 11.5. The Hall–Kier alpha value is -3.50. The zero-order chi connectivity index (χ0) is 25.7. The van der Waals surface area contributed by atoms with E-state index in [-0.39, 0.29) is 5.56 Å². The van der Waals surface area contributed by atoms with Crippen molar-refractivity contribution in [2.24, 2.45) is 4.99 Å². The number of piperidine rings is 1. The summed E-state index contributed by atoms with van der Waals surface area (Å²) in [6.07, 6.45) is 9.57. The molecule has 0 atom stereocenters. The molecule has 0 amide bonds. The molecule has 1 aromatic carbocycles. The molecule has 2 heterocycles. The fourth-order valence-electron chi connectivity index (χ4n) is 4.63. The van der Waals surface area contributed by atoms with E-state index in [1.165, 1.54) is 24.1 Å². The van der Waals surface area contributed by atoms with E-state index < -0.39 is 5.82 Å². The minimum atomic E-state index is -0.543. The molecule has 188 valence electrons. The first-order chi connectivity index (χ1) is 17.4. The van der Waals surface area contributed by atoms with Gasteiger partial charge in [-0.25, -0.2) is 9.38 Å². The van der Waals surface area contributed by atoms with Crippen molar-refractivity contribution < 1.29 is 4.39 Å². The Morgan fingerprint density at radius 1 is 1.22 bits per heavy atom. The molecule has 2 aromatic rings. The molecule has 2 fully saturated rings. The fourth-order valence-corrected chi connectivity index (χ4v) is 4.63. The number of aryl methyl sites for hydroxylation is 1. The van der Waals surface area contributed by atoms with Gasteiger partial charge in [0.05, 0.1) is 11.3 Å². The zero-order valence-corrected chi connectivity index (χ0v) is 21.7. The van der Waals surface area contributed by atoms with Crippen LogP contribution in [-0.4, -0.2) is 54.0 Å². The Labute approximate surface area is 213 Å². The maximum absolute atomic E-state index is 14.7. The highest BCUT2D eigenvalue weighted by atomic mass is 19.1. The molecule has 1 aliphatic heterocycles. The third-order valence-electron chi connectivity index (χ3n) is 7.15. The maximum atomic E-state index is 14.7. The summed E-state index contributed by atoms with van der Waals surface area (Å²) in [4.78, 5) is 14.1. The molecule has 4 rings (SSSR count). The van der Waals surface area contributed by atoms with Gasteiger partial charge in [0.15, 0.2) is 0 Å². The van der Waals surface area contributed by atoms with Crippen molar-refractivity contribution in [2.45, 2.75) is 52.0 Å². The van der Waals surface area contributed by atoms with Crippen LogP contribution in [0.4, 0.5) is 4.39 Å². The first kappa shape index (κ1) is 25.6. The average molecular weight is 487 g/mol. The Balaban J connectivity index is 1.84. The van der Waals surface area contributed by atoms with E-state index in [9.17, 15) is 9.65 Å². The summed E-state index contributed by atoms with van der Waals surface area (Å²) >= 11 is 0. The number of nitrogens with one attached hydrogen (secondary N) is 1. The van der Waals surface area contributed by atoms with Gasteiger partial charge in [-0.1, -0.05) is 17.7 Å². The van der Waals surface area contributed by atoms with Gasteiger partial charge in [-0.3, -0.25) is 4.98 Å². The number of pyridine rings is 1. The lowest BCUT2D eigenvalue weighted by Gasteiger charge is -2.37. The highest BCUT2D eigenvalue weighted by molar-refractivity contribution is 5.96. The molecule has 1 aromatic heterocycles. The van der Waals surface area contributed by atoms with Crippen LogP contribution >= 0.6 is 0 Å². The van der Waals surface area contributed by atoms with Crippen molar-refractivity contribution in [1.29, 1.82) is 5.26 Å². The van der Waals surface area contributed by atoms with Gasteiger partial charge in [-0.2, -0.15) is 5.26 Å². The van der Waals surface area contributed by atoms with E-state index in [2.05, 4.69) is 26.3 Å². The lowest BCUT2D eigenvalue weighted by Crippen LogP contribution is -2.48. The Bertz CT molecular complexity index is 1210. The van der Waals surface area contributed by atoms with Crippen molar-refractivity contribution in [3.05, 3.63) is 76.5 Å². The average Bonchev–Trinajstić information content (AvgIpc) is 2.87. The SMILES string of the molecule is CNC1CCN(/C(=N/C(=C(\C)c2ccc(C)nc2)c2ccc(C#N)c(F)c2)N(C)C=C2CCC2)CC1. The van der Waals surface area contributed by atoms with Crippen LogP contribution in [0.25, 0.3) is 11.3 Å². The van der Waals surface area contributed by atoms with Crippen LogP contribution < -0.4 is 5.32 Å². The van der Waals surface area contributed by atoms with E-state index in [1.54, 1.807) is 6.07 Å². The summed E-state index contributed by atoms with van der Waals surface area (Å²) in [7, 11) is 4.07. The lowest BCUT2D eigenvalue weighted by molar-refractivity contribution is 0.272. The summed E-state index contributed by atoms with van der Waals surface area (Å²) in [5, 5.41) is 12.6. The smallest absolute Gasteiger partial charge is 0.205 e. The maximum Gasteiger partial charge on any atom is 0.205 e. The van der Waals surface area contributed by atoms with Crippen LogP contribution in [0.15, 0.2) is 53.3 Å². The standard InChI is InChI=1S/C29H35FN6/c1-20-8-9-25(18-33-20)21(2)28(23-10-11-24(17-31)27(30)16-23)34-29(35(4)19-22-6-5-7-22)36-14-12-26(32-3)13-15-36/h8-11,16,18-19,26,32H,5-7,12-15H2,1-4H3/b28-21+,34-29+. The number of hydrogen-bond acceptors (Lipinski definition) is 4. The van der Waals surface area contributed by atoms with E-state index >= 15 is 0 Å². The molecule has 7 heteroatoms. The Morgan fingerprint density at radius 2 is 1.94 bits per heavy atom. The van der Waals surface area contributed by atoms with Gasteiger partial charge in [-0.05, 0) is 82.3 Å². The fraction of sp³-hybridized carbons (Fsp3) is 0.414. The second-order valence-corrected chi connectivity index (χ2v) is 9.68. The number of aliphatic imine (C=N–C) groups is 1. The van der Waals surface area contributed by atoms with Crippen LogP contribution in [0.1, 0.15) is 61.4 Å². The molecule has 1 N–H and O–H groups in total.